The lowest BCUT2D eigenvalue weighted by Crippen LogP contribution is -2.38. The maximum absolute atomic E-state index is 13.3. The van der Waals surface area contributed by atoms with Gasteiger partial charge in [0.25, 0.3) is 5.91 Å². The molecule has 1 atom stereocenters. The van der Waals surface area contributed by atoms with Gasteiger partial charge in [0.2, 0.25) is 5.91 Å². The molecule has 2 N–H and O–H groups in total. The summed E-state index contributed by atoms with van der Waals surface area (Å²) in [6.07, 6.45) is 6.25. The first-order valence-electron chi connectivity index (χ1n) is 8.93. The van der Waals surface area contributed by atoms with E-state index in [0.29, 0.717) is 24.3 Å². The van der Waals surface area contributed by atoms with E-state index >= 15 is 0 Å². The maximum Gasteiger partial charge on any atom is 0.274 e. The van der Waals surface area contributed by atoms with Crippen LogP contribution in [0.1, 0.15) is 34.3 Å². The smallest absolute Gasteiger partial charge is 0.274 e. The van der Waals surface area contributed by atoms with Crippen LogP contribution in [-0.2, 0) is 17.6 Å². The molecule has 7 nitrogen and oxygen atoms in total. The topological polar surface area (TPSA) is 91.8 Å². The predicted octanol–water partition coefficient (Wildman–Crippen LogP) is 2.12. The fourth-order valence-corrected chi connectivity index (χ4v) is 4.19. The van der Waals surface area contributed by atoms with Gasteiger partial charge in [-0.1, -0.05) is 6.07 Å². The van der Waals surface area contributed by atoms with E-state index in [0.717, 1.165) is 36.1 Å². The van der Waals surface area contributed by atoms with Gasteiger partial charge in [0.05, 0.1) is 30.6 Å². The molecule has 1 aliphatic heterocycles. The molecular weight excluding hydrogens is 346 g/mol. The molecule has 2 amide bonds. The summed E-state index contributed by atoms with van der Waals surface area (Å²) < 4.78 is 5.22. The van der Waals surface area contributed by atoms with Crippen molar-refractivity contribution in [1.82, 2.24) is 10.5 Å². The van der Waals surface area contributed by atoms with E-state index in [1.807, 2.05) is 12.1 Å². The van der Waals surface area contributed by atoms with E-state index in [1.54, 1.807) is 42.0 Å². The molecule has 1 saturated heterocycles. The molecule has 7 heteroatoms. The molecule has 140 valence electrons. The number of carbonyl (C=O) groups is 2. The Bertz CT molecular complexity index is 914. The van der Waals surface area contributed by atoms with Gasteiger partial charge < -0.3 is 9.64 Å². The first-order valence-corrected chi connectivity index (χ1v) is 8.93. The summed E-state index contributed by atoms with van der Waals surface area (Å²) in [7, 11) is 1.58. The molecule has 2 heterocycles. The number of ether oxygens (including phenoxy) is 1. The predicted molar refractivity (Wildman–Crippen MR) is 97.9 cm³/mol. The summed E-state index contributed by atoms with van der Waals surface area (Å²) in [5, 5.41) is 8.81. The van der Waals surface area contributed by atoms with Crippen molar-refractivity contribution in [2.45, 2.75) is 25.7 Å². The lowest BCUT2D eigenvalue weighted by Gasteiger charge is -2.33. The number of nitrogens with zero attached hydrogens (tertiary/aromatic N) is 2. The Morgan fingerprint density at radius 2 is 2.11 bits per heavy atom. The Hall–Kier alpha value is -2.93. The van der Waals surface area contributed by atoms with Crippen molar-refractivity contribution < 1.29 is 19.5 Å². The van der Waals surface area contributed by atoms with Crippen molar-refractivity contribution in [3.05, 3.63) is 53.3 Å². The molecule has 1 spiro atoms. The molecule has 2 aromatic rings. The van der Waals surface area contributed by atoms with Gasteiger partial charge in [0.15, 0.2) is 0 Å². The molecule has 1 unspecified atom stereocenters. The fourth-order valence-electron chi connectivity index (χ4n) is 4.19. The Morgan fingerprint density at radius 3 is 2.89 bits per heavy atom. The molecule has 1 fully saturated rings. The van der Waals surface area contributed by atoms with Crippen LogP contribution in [0.25, 0.3) is 0 Å². The van der Waals surface area contributed by atoms with Gasteiger partial charge in [-0.15, -0.1) is 0 Å². The zero-order chi connectivity index (χ0) is 19.0. The minimum atomic E-state index is -0.522. The second kappa shape index (κ2) is 6.66. The van der Waals surface area contributed by atoms with Crippen LogP contribution in [-0.4, -0.2) is 35.7 Å². The highest BCUT2D eigenvalue weighted by molar-refractivity contribution is 6.00. The number of carbonyl (C=O) groups excluding carboxylic acids is 2. The number of fused-ring (bicyclic) bond motifs is 1. The molecule has 1 aromatic heterocycles. The fraction of sp³-hybridized carbons (Fsp3) is 0.350. The number of pyridine rings is 1. The number of anilines is 1. The molecule has 0 radical (unpaired) electrons. The number of nitrogens with one attached hydrogen (secondary N) is 1. The number of hydroxylamine groups is 1. The largest absolute Gasteiger partial charge is 0.495 e. The Kier molecular flexibility index (Phi) is 4.31. The normalized spacial score (nSPS) is 21.3. The summed E-state index contributed by atoms with van der Waals surface area (Å²) in [5.41, 5.74) is 4.60. The third kappa shape index (κ3) is 2.94. The summed E-state index contributed by atoms with van der Waals surface area (Å²) in [6, 6.07) is 7.22. The van der Waals surface area contributed by atoms with Crippen LogP contribution in [0.3, 0.4) is 0 Å². The van der Waals surface area contributed by atoms with Crippen molar-refractivity contribution in [2.75, 3.05) is 18.6 Å². The SMILES string of the molecule is COc1cncc(N2CCC3(CCc4cc(C(=O)NO)ccc4C3)C2=O)c1. The average Bonchev–Trinajstić information content (AvgIpc) is 3.02. The number of benzene rings is 1. The number of amides is 2. The Morgan fingerprint density at radius 1 is 1.26 bits per heavy atom. The van der Waals surface area contributed by atoms with Crippen molar-refractivity contribution in [2.24, 2.45) is 5.41 Å². The number of rotatable bonds is 3. The number of hydrogen-bond donors (Lipinski definition) is 2. The number of hydrogen-bond acceptors (Lipinski definition) is 5. The highest BCUT2D eigenvalue weighted by Crippen LogP contribution is 2.45. The first-order chi connectivity index (χ1) is 13.1. The lowest BCUT2D eigenvalue weighted by atomic mass is 9.70. The van der Waals surface area contributed by atoms with E-state index in [9.17, 15) is 9.59 Å². The number of aryl methyl sites for hydroxylation is 1. The second-order valence-electron chi connectivity index (χ2n) is 7.17. The lowest BCUT2D eigenvalue weighted by molar-refractivity contribution is -0.126. The van der Waals surface area contributed by atoms with Crippen LogP contribution >= 0.6 is 0 Å². The standard InChI is InChI=1S/C20H21N3O4/c1-27-17-9-16(11-21-12-17)23-7-6-20(19(23)25)5-4-13-8-14(18(24)22-26)2-3-15(13)10-20/h2-3,8-9,11-12,26H,4-7,10H2,1H3,(H,22,24). The van der Waals surface area contributed by atoms with Crippen LogP contribution < -0.4 is 15.1 Å². The molecule has 4 rings (SSSR count). The monoisotopic (exact) mass is 367 g/mol. The van der Waals surface area contributed by atoms with Crippen LogP contribution in [0, 0.1) is 5.41 Å². The van der Waals surface area contributed by atoms with Gasteiger partial charge in [0.1, 0.15) is 5.75 Å². The van der Waals surface area contributed by atoms with E-state index in [2.05, 4.69) is 4.98 Å². The van der Waals surface area contributed by atoms with E-state index in [-0.39, 0.29) is 5.91 Å². The minimum absolute atomic E-state index is 0.125. The van der Waals surface area contributed by atoms with Gasteiger partial charge in [-0.05, 0) is 48.9 Å². The van der Waals surface area contributed by atoms with Crippen LogP contribution in [0.2, 0.25) is 0 Å². The Balaban J connectivity index is 1.59. The number of aromatic nitrogens is 1. The summed E-state index contributed by atoms with van der Waals surface area (Å²) >= 11 is 0. The molecule has 1 aliphatic carbocycles. The highest BCUT2D eigenvalue weighted by atomic mass is 16.5. The third-order valence-corrected chi connectivity index (χ3v) is 5.73. The quantitative estimate of drug-likeness (QED) is 0.640. The zero-order valence-electron chi connectivity index (χ0n) is 15.1. The Labute approximate surface area is 156 Å². The second-order valence-corrected chi connectivity index (χ2v) is 7.17. The molecule has 1 aromatic carbocycles. The molecule has 0 bridgehead atoms. The molecule has 2 aliphatic rings. The van der Waals surface area contributed by atoms with Crippen molar-refractivity contribution in [3.63, 3.8) is 0 Å². The number of methoxy groups -OCH3 is 1. The van der Waals surface area contributed by atoms with Gasteiger partial charge in [0, 0.05) is 18.2 Å². The summed E-state index contributed by atoms with van der Waals surface area (Å²) in [4.78, 5) is 30.8. The molecular formula is C20H21N3O4. The van der Waals surface area contributed by atoms with Gasteiger partial charge in [-0.25, -0.2) is 5.48 Å². The van der Waals surface area contributed by atoms with Crippen LogP contribution in [0.5, 0.6) is 5.75 Å². The average molecular weight is 367 g/mol. The molecule has 27 heavy (non-hydrogen) atoms. The maximum atomic E-state index is 13.3. The van der Waals surface area contributed by atoms with Gasteiger partial charge >= 0.3 is 0 Å². The van der Waals surface area contributed by atoms with E-state index in [1.165, 1.54) is 0 Å². The summed E-state index contributed by atoms with van der Waals surface area (Å²) in [5.74, 6) is 0.233. The summed E-state index contributed by atoms with van der Waals surface area (Å²) in [6.45, 7) is 0.661. The highest BCUT2D eigenvalue weighted by Gasteiger charge is 2.48. The first kappa shape index (κ1) is 17.5. The van der Waals surface area contributed by atoms with Crippen LogP contribution in [0.15, 0.2) is 36.7 Å². The van der Waals surface area contributed by atoms with Crippen molar-refractivity contribution in [1.29, 1.82) is 0 Å². The minimum Gasteiger partial charge on any atom is -0.495 e. The molecule has 0 saturated carbocycles. The van der Waals surface area contributed by atoms with E-state index in [4.69, 9.17) is 9.94 Å². The van der Waals surface area contributed by atoms with Gasteiger partial charge in [-0.3, -0.25) is 19.8 Å². The van der Waals surface area contributed by atoms with Gasteiger partial charge in [-0.2, -0.15) is 0 Å². The van der Waals surface area contributed by atoms with Crippen molar-refractivity contribution >= 4 is 17.5 Å². The van der Waals surface area contributed by atoms with E-state index < -0.39 is 11.3 Å². The van der Waals surface area contributed by atoms with Crippen molar-refractivity contribution in [3.8, 4) is 5.75 Å². The third-order valence-electron chi connectivity index (χ3n) is 5.73. The van der Waals surface area contributed by atoms with Crippen LogP contribution in [0.4, 0.5) is 5.69 Å². The zero-order valence-corrected chi connectivity index (χ0v) is 15.1.